The summed E-state index contributed by atoms with van der Waals surface area (Å²) in [6, 6.07) is 89.3. The summed E-state index contributed by atoms with van der Waals surface area (Å²) in [7, 11) is -4.26. The molecule has 0 saturated carbocycles. The van der Waals surface area contributed by atoms with Crippen molar-refractivity contribution < 1.29 is 4.21 Å². The minimum atomic E-state index is -4.26. The van der Waals surface area contributed by atoms with Gasteiger partial charge in [-0.25, -0.2) is 0 Å². The molecule has 1 spiro atoms. The molecule has 0 radical (unpaired) electrons. The summed E-state index contributed by atoms with van der Waals surface area (Å²) >= 11 is 0. The second-order valence-electron chi connectivity index (χ2n) is 16.3. The van der Waals surface area contributed by atoms with Gasteiger partial charge in [0.15, 0.2) is 0 Å². The van der Waals surface area contributed by atoms with Crippen molar-refractivity contribution in [1.29, 1.82) is 0 Å². The van der Waals surface area contributed by atoms with Crippen molar-refractivity contribution in [2.75, 3.05) is 9.80 Å². The third-order valence-corrected chi connectivity index (χ3v) is 17.7. The number of nitrogens with zero attached hydrogens (tertiary/aromatic N) is 2. The highest BCUT2D eigenvalue weighted by Gasteiger charge is 2.58. The van der Waals surface area contributed by atoms with E-state index in [-0.39, 0.29) is 0 Å². The smallest absolute Gasteiger partial charge is 0.0540 e. The molecule has 0 saturated heterocycles. The van der Waals surface area contributed by atoms with E-state index in [1.54, 1.807) is 0 Å². The van der Waals surface area contributed by atoms with E-state index in [1.807, 2.05) is 0 Å². The standard InChI is InChI=1S/C60H42N2OS/c63-64(55-39-19-15-33-51(55)59-49(35-21-41-57(59)64)47-31-13-17-37-53(47)61(43-23-5-1-6-24-43)44-25-7-2-8-26-44)56-40-20-16-34-52(56)60-50(36-22-42-58(60)64)48-32-14-18-38-54(48)62(45-27-9-3-10-28-45)46-29-11-4-12-30-46/h1-42H. The molecule has 10 aromatic carbocycles. The first-order valence-electron chi connectivity index (χ1n) is 21.8. The minimum Gasteiger partial charge on any atom is -0.310 e. The van der Waals surface area contributed by atoms with Crippen LogP contribution in [0, 0.1) is 0 Å². The van der Waals surface area contributed by atoms with Crippen molar-refractivity contribution in [3.8, 4) is 44.5 Å². The average Bonchev–Trinajstić information content (AvgIpc) is 3.76. The summed E-state index contributed by atoms with van der Waals surface area (Å²) in [5.74, 6) is 0. The van der Waals surface area contributed by atoms with Gasteiger partial charge in [0.1, 0.15) is 0 Å². The van der Waals surface area contributed by atoms with E-state index >= 15 is 4.21 Å². The summed E-state index contributed by atoms with van der Waals surface area (Å²) in [4.78, 5) is 8.06. The Balaban J connectivity index is 1.13. The summed E-state index contributed by atoms with van der Waals surface area (Å²) in [6.45, 7) is 0. The van der Waals surface area contributed by atoms with Crippen molar-refractivity contribution in [2.45, 2.75) is 19.6 Å². The van der Waals surface area contributed by atoms with Gasteiger partial charge >= 0.3 is 0 Å². The zero-order valence-electron chi connectivity index (χ0n) is 35.0. The molecule has 0 fully saturated rings. The zero-order valence-corrected chi connectivity index (χ0v) is 35.8. The fourth-order valence-electron chi connectivity index (χ4n) is 10.4. The first-order valence-corrected chi connectivity index (χ1v) is 23.7. The van der Waals surface area contributed by atoms with Gasteiger partial charge in [-0.15, -0.1) is 0 Å². The lowest BCUT2D eigenvalue weighted by Gasteiger charge is -2.39. The van der Waals surface area contributed by atoms with Gasteiger partial charge in [-0.2, -0.15) is 0 Å². The van der Waals surface area contributed by atoms with E-state index in [1.165, 1.54) is 0 Å². The largest absolute Gasteiger partial charge is 0.310 e. The minimum absolute atomic E-state index is 0.850. The molecule has 0 unspecified atom stereocenters. The number of hydrogen-bond acceptors (Lipinski definition) is 3. The lowest BCUT2D eigenvalue weighted by Crippen LogP contribution is -2.30. The summed E-state index contributed by atoms with van der Waals surface area (Å²) in [5.41, 5.74) is 14.5. The van der Waals surface area contributed by atoms with E-state index in [2.05, 4.69) is 265 Å². The monoisotopic (exact) mass is 838 g/mol. The summed E-state index contributed by atoms with van der Waals surface area (Å²) in [5, 5.41) is 0. The van der Waals surface area contributed by atoms with Crippen LogP contribution in [0.5, 0.6) is 0 Å². The molecule has 304 valence electrons. The number of hydrogen-bond donors (Lipinski definition) is 0. The first kappa shape index (κ1) is 37.7. The van der Waals surface area contributed by atoms with Gasteiger partial charge < -0.3 is 9.80 Å². The first-order chi connectivity index (χ1) is 31.6. The second-order valence-corrected chi connectivity index (χ2v) is 20.0. The van der Waals surface area contributed by atoms with Crippen molar-refractivity contribution in [1.82, 2.24) is 0 Å². The summed E-state index contributed by atoms with van der Waals surface area (Å²) in [6.07, 6.45) is 0. The van der Waals surface area contributed by atoms with Crippen LogP contribution in [0.4, 0.5) is 34.1 Å². The van der Waals surface area contributed by atoms with Gasteiger partial charge in [-0.1, -0.05) is 170 Å². The lowest BCUT2D eigenvalue weighted by atomic mass is 9.93. The average molecular weight is 839 g/mol. The van der Waals surface area contributed by atoms with Crippen LogP contribution in [0.25, 0.3) is 44.5 Å². The van der Waals surface area contributed by atoms with Crippen molar-refractivity contribution in [2.24, 2.45) is 0 Å². The molecular formula is C60H42N2OS. The van der Waals surface area contributed by atoms with Crippen LogP contribution in [0.3, 0.4) is 0 Å². The Labute approximate surface area is 374 Å². The van der Waals surface area contributed by atoms with Crippen LogP contribution in [-0.2, 0) is 9.07 Å². The fraction of sp³-hybridized carbons (Fsp3) is 0. The van der Waals surface area contributed by atoms with Crippen LogP contribution in [0.2, 0.25) is 0 Å². The molecule has 0 aliphatic carbocycles. The highest BCUT2D eigenvalue weighted by molar-refractivity contribution is 8.21. The van der Waals surface area contributed by atoms with E-state index < -0.39 is 9.07 Å². The number of fused-ring (bicyclic) bond motifs is 10. The Morgan fingerprint density at radius 2 is 0.500 bits per heavy atom. The third kappa shape index (κ3) is 5.36. The maximum atomic E-state index is 18.1. The molecule has 12 rings (SSSR count). The second kappa shape index (κ2) is 14.8. The molecule has 0 aromatic heterocycles. The van der Waals surface area contributed by atoms with E-state index in [9.17, 15) is 0 Å². The topological polar surface area (TPSA) is 23.6 Å². The lowest BCUT2D eigenvalue weighted by molar-refractivity contribution is 0.658. The quantitative estimate of drug-likeness (QED) is 0.152. The van der Waals surface area contributed by atoms with Gasteiger partial charge in [-0.05, 0) is 107 Å². The van der Waals surface area contributed by atoms with E-state index in [0.717, 1.165) is 98.2 Å². The van der Waals surface area contributed by atoms with E-state index in [4.69, 9.17) is 0 Å². The molecule has 0 atom stereocenters. The van der Waals surface area contributed by atoms with Crippen LogP contribution in [0.15, 0.2) is 274 Å². The van der Waals surface area contributed by atoms with Gasteiger partial charge in [0, 0.05) is 73.7 Å². The molecule has 2 heterocycles. The SMILES string of the molecule is O=S12(c3ccccc3-c3c(-c4ccccc4N(c4ccccc4)c4ccccc4)cccc31)c1ccccc1-c1c(-c3ccccc3N(c3ccccc3)c3ccccc3)cccc12. The van der Waals surface area contributed by atoms with Crippen molar-refractivity contribution in [3.05, 3.63) is 255 Å². The third-order valence-electron chi connectivity index (χ3n) is 13.0. The number of rotatable bonds is 8. The maximum absolute atomic E-state index is 18.1. The van der Waals surface area contributed by atoms with Crippen LogP contribution in [-0.4, -0.2) is 4.21 Å². The molecule has 0 bridgehead atoms. The Morgan fingerprint density at radius 1 is 0.234 bits per heavy atom. The van der Waals surface area contributed by atoms with Crippen LogP contribution in [0.1, 0.15) is 0 Å². The maximum Gasteiger partial charge on any atom is 0.0540 e. The number of anilines is 6. The van der Waals surface area contributed by atoms with Gasteiger partial charge in [0.25, 0.3) is 0 Å². The normalized spacial score (nSPS) is 14.0. The molecule has 2 aliphatic rings. The van der Waals surface area contributed by atoms with Gasteiger partial charge in [0.05, 0.1) is 11.4 Å². The van der Waals surface area contributed by atoms with Gasteiger partial charge in [-0.3, -0.25) is 4.21 Å². The predicted octanol–water partition coefficient (Wildman–Crippen LogP) is 16.3. The number of benzene rings is 10. The highest BCUT2D eigenvalue weighted by Crippen LogP contribution is 2.73. The molecule has 0 N–H and O–H groups in total. The zero-order chi connectivity index (χ0) is 42.7. The molecular weight excluding hydrogens is 797 g/mol. The Hall–Kier alpha value is -8.05. The molecule has 10 aromatic rings. The Morgan fingerprint density at radius 3 is 0.859 bits per heavy atom. The van der Waals surface area contributed by atoms with Crippen molar-refractivity contribution in [3.63, 3.8) is 0 Å². The molecule has 4 heteroatoms. The molecule has 0 amide bonds. The highest BCUT2D eigenvalue weighted by atomic mass is 32.3. The summed E-state index contributed by atoms with van der Waals surface area (Å²) < 4.78 is 18.1. The van der Waals surface area contributed by atoms with Crippen LogP contribution < -0.4 is 9.80 Å². The van der Waals surface area contributed by atoms with Crippen LogP contribution >= 0.6 is 0 Å². The molecule has 3 nitrogen and oxygen atoms in total. The number of para-hydroxylation sites is 6. The van der Waals surface area contributed by atoms with Crippen molar-refractivity contribution >= 4 is 43.2 Å². The predicted molar refractivity (Wildman–Crippen MR) is 265 cm³/mol. The van der Waals surface area contributed by atoms with Gasteiger partial charge in [0.2, 0.25) is 0 Å². The molecule has 64 heavy (non-hydrogen) atoms. The fourth-order valence-corrected chi connectivity index (χ4v) is 15.6. The molecule has 2 aliphatic heterocycles. The van der Waals surface area contributed by atoms with E-state index in [0.29, 0.717) is 0 Å². The Kier molecular flexibility index (Phi) is 8.72. The Bertz CT molecular complexity index is 3150.